The molecule has 1 amide bonds. The molecule has 0 heterocycles. The molecular weight excluding hydrogens is 852 g/mol. The first-order chi connectivity index (χ1) is 32.5. The molecule has 0 aliphatic carbocycles. The van der Waals surface area contributed by atoms with Gasteiger partial charge in [0.2, 0.25) is 5.91 Å². The Morgan fingerprint density at radius 2 is 0.866 bits per heavy atom. The quantitative estimate of drug-likeness (QED) is 0.0243. The number of aliphatic hydroxyl groups is 1. The third-order valence-electron chi connectivity index (χ3n) is 12.4. The molecule has 3 atom stereocenters. The van der Waals surface area contributed by atoms with Crippen LogP contribution in [0.25, 0.3) is 0 Å². The van der Waals surface area contributed by atoms with E-state index in [1.165, 1.54) is 173 Å². The van der Waals surface area contributed by atoms with Crippen molar-refractivity contribution in [2.45, 2.75) is 264 Å². The SMILES string of the molecule is CCCCCCCCCCC/C=C\C/C=C\CCCCCCCCCC(=O)NC(COP(=O)(O)OCC[N+](C)(C)C)C(O)/C=C/CC/C=C/CC/C=C/CCCCCCCCCCCCCC. The summed E-state index contributed by atoms with van der Waals surface area (Å²) in [4.78, 5) is 23.3. The number of aliphatic hydroxyl groups excluding tert-OH is 1. The van der Waals surface area contributed by atoms with Crippen molar-refractivity contribution in [1.29, 1.82) is 0 Å². The minimum absolute atomic E-state index is 0.0500. The van der Waals surface area contributed by atoms with Crippen molar-refractivity contribution in [2.75, 3.05) is 40.9 Å². The Labute approximate surface area is 415 Å². The molecule has 9 heteroatoms. The standard InChI is InChI=1S/C58H109N2O6P/c1-6-8-10-12-14-16-18-20-22-24-26-28-30-32-34-36-38-40-42-44-46-48-50-52-58(62)59-56(55-66-67(63,64)65-54-53-60(3,4)5)57(61)51-49-47-45-43-41-39-37-35-33-31-29-27-25-23-21-19-17-15-13-11-9-7-2/h26,28,32-35,41,43,49,51,56-57,61H,6-25,27,29-31,36-40,42,44-48,50,52-55H2,1-5H3,(H-,59,62,63,64)/p+1/b28-26-,34-32-,35-33+,43-41+,51-49+. The largest absolute Gasteiger partial charge is 0.472 e. The van der Waals surface area contributed by atoms with Crippen LogP contribution in [0.2, 0.25) is 0 Å². The molecule has 0 rings (SSSR count). The van der Waals surface area contributed by atoms with Crippen LogP contribution in [-0.2, 0) is 18.4 Å². The maximum Gasteiger partial charge on any atom is 0.472 e. The van der Waals surface area contributed by atoms with Crippen LogP contribution in [-0.4, -0.2) is 73.4 Å². The number of amides is 1. The first-order valence-corrected chi connectivity index (χ1v) is 29.7. The summed E-state index contributed by atoms with van der Waals surface area (Å²) in [6, 6.07) is -0.877. The second kappa shape index (κ2) is 49.2. The lowest BCUT2D eigenvalue weighted by Gasteiger charge is -2.25. The summed E-state index contributed by atoms with van der Waals surface area (Å²) >= 11 is 0. The van der Waals surface area contributed by atoms with Gasteiger partial charge in [0, 0.05) is 6.42 Å². The van der Waals surface area contributed by atoms with Crippen molar-refractivity contribution in [3.8, 4) is 0 Å². The lowest BCUT2D eigenvalue weighted by molar-refractivity contribution is -0.870. The molecule has 3 N–H and O–H groups in total. The monoisotopic (exact) mass is 962 g/mol. The number of nitrogens with one attached hydrogen (secondary N) is 1. The molecule has 0 aromatic heterocycles. The molecule has 0 fully saturated rings. The smallest absolute Gasteiger partial charge is 0.387 e. The number of quaternary nitrogens is 1. The lowest BCUT2D eigenvalue weighted by atomic mass is 10.0. The predicted molar refractivity (Wildman–Crippen MR) is 290 cm³/mol. The lowest BCUT2D eigenvalue weighted by Crippen LogP contribution is -2.45. The van der Waals surface area contributed by atoms with Crippen molar-refractivity contribution < 1.29 is 32.9 Å². The van der Waals surface area contributed by atoms with Gasteiger partial charge in [-0.25, -0.2) is 4.57 Å². The van der Waals surface area contributed by atoms with E-state index >= 15 is 0 Å². The summed E-state index contributed by atoms with van der Waals surface area (Å²) in [5.41, 5.74) is 0. The average Bonchev–Trinajstić information content (AvgIpc) is 3.29. The number of likely N-dealkylation sites (N-methyl/N-ethyl adjacent to an activating group) is 1. The number of carbonyl (C=O) groups is 1. The Morgan fingerprint density at radius 1 is 0.507 bits per heavy atom. The highest BCUT2D eigenvalue weighted by Gasteiger charge is 2.27. The van der Waals surface area contributed by atoms with Gasteiger partial charge in [-0.3, -0.25) is 13.8 Å². The van der Waals surface area contributed by atoms with Crippen LogP contribution >= 0.6 is 7.82 Å². The highest BCUT2D eigenvalue weighted by atomic mass is 31.2. The van der Waals surface area contributed by atoms with Gasteiger partial charge < -0.3 is 19.8 Å². The highest BCUT2D eigenvalue weighted by Crippen LogP contribution is 2.43. The van der Waals surface area contributed by atoms with Gasteiger partial charge in [-0.15, -0.1) is 0 Å². The second-order valence-corrected chi connectivity index (χ2v) is 21.7. The fraction of sp³-hybridized carbons (Fsp3) is 0.810. The molecule has 0 aromatic carbocycles. The first-order valence-electron chi connectivity index (χ1n) is 28.2. The number of unbranched alkanes of at least 4 members (excludes halogenated alkanes) is 30. The zero-order valence-electron chi connectivity index (χ0n) is 44.6. The summed E-state index contributed by atoms with van der Waals surface area (Å²) in [6.07, 6.45) is 66.0. The van der Waals surface area contributed by atoms with Gasteiger partial charge in [-0.2, -0.15) is 0 Å². The Morgan fingerprint density at radius 3 is 1.28 bits per heavy atom. The minimum atomic E-state index is -4.36. The normalized spacial score (nSPS) is 14.4. The van der Waals surface area contributed by atoms with E-state index in [0.29, 0.717) is 17.4 Å². The van der Waals surface area contributed by atoms with Gasteiger partial charge in [-0.05, 0) is 77.0 Å². The number of rotatable bonds is 51. The van der Waals surface area contributed by atoms with Crippen LogP contribution in [0.5, 0.6) is 0 Å². The van der Waals surface area contributed by atoms with Gasteiger partial charge >= 0.3 is 7.82 Å². The number of phosphoric ester groups is 1. The van der Waals surface area contributed by atoms with Crippen molar-refractivity contribution in [2.24, 2.45) is 0 Å². The maximum atomic E-state index is 13.0. The Kier molecular flexibility index (Phi) is 47.9. The number of phosphoric acid groups is 1. The molecule has 0 aliphatic rings. The van der Waals surface area contributed by atoms with Crippen LogP contribution in [0.15, 0.2) is 60.8 Å². The van der Waals surface area contributed by atoms with E-state index in [2.05, 4.69) is 67.8 Å². The van der Waals surface area contributed by atoms with Gasteiger partial charge in [0.1, 0.15) is 13.2 Å². The molecule has 0 spiro atoms. The fourth-order valence-electron chi connectivity index (χ4n) is 7.99. The third kappa shape index (κ3) is 51.9. The zero-order valence-corrected chi connectivity index (χ0v) is 45.5. The van der Waals surface area contributed by atoms with E-state index in [4.69, 9.17) is 9.05 Å². The van der Waals surface area contributed by atoms with Crippen molar-refractivity contribution >= 4 is 13.7 Å². The fourth-order valence-corrected chi connectivity index (χ4v) is 8.72. The number of hydrogen-bond donors (Lipinski definition) is 3. The molecule has 3 unspecified atom stereocenters. The first kappa shape index (κ1) is 65.2. The Hall–Kier alpha value is -1.80. The van der Waals surface area contributed by atoms with Gasteiger partial charge in [0.25, 0.3) is 0 Å². The number of carbonyl (C=O) groups excluding carboxylic acids is 1. The van der Waals surface area contributed by atoms with E-state index in [-0.39, 0.29) is 19.1 Å². The topological polar surface area (TPSA) is 105 Å². The van der Waals surface area contributed by atoms with E-state index in [0.717, 1.165) is 57.8 Å². The van der Waals surface area contributed by atoms with E-state index in [1.807, 2.05) is 27.2 Å². The molecule has 0 aliphatic heterocycles. The van der Waals surface area contributed by atoms with E-state index in [9.17, 15) is 19.4 Å². The summed E-state index contributed by atoms with van der Waals surface area (Å²) < 4.78 is 23.7. The highest BCUT2D eigenvalue weighted by molar-refractivity contribution is 7.47. The van der Waals surface area contributed by atoms with Crippen LogP contribution in [0.4, 0.5) is 0 Å². The summed E-state index contributed by atoms with van der Waals surface area (Å²) in [5.74, 6) is -0.198. The molecular formula is C58H110N2O6P+. The van der Waals surface area contributed by atoms with Crippen molar-refractivity contribution in [1.82, 2.24) is 5.32 Å². The van der Waals surface area contributed by atoms with E-state index < -0.39 is 20.0 Å². The number of allylic oxidation sites excluding steroid dienone is 9. The zero-order chi connectivity index (χ0) is 49.2. The molecule has 0 bridgehead atoms. The van der Waals surface area contributed by atoms with Gasteiger partial charge in [-0.1, -0.05) is 229 Å². The Bertz CT molecular complexity index is 1270. The second-order valence-electron chi connectivity index (χ2n) is 20.3. The van der Waals surface area contributed by atoms with Crippen molar-refractivity contribution in [3.05, 3.63) is 60.8 Å². The molecule has 0 saturated heterocycles. The summed E-state index contributed by atoms with van der Waals surface area (Å²) in [7, 11) is 1.54. The molecule has 0 saturated carbocycles. The molecule has 8 nitrogen and oxygen atoms in total. The van der Waals surface area contributed by atoms with Gasteiger partial charge in [0.05, 0.1) is 39.9 Å². The number of hydrogen-bond acceptors (Lipinski definition) is 5. The number of nitrogens with zero attached hydrogens (tertiary/aromatic N) is 1. The average molecular weight is 962 g/mol. The third-order valence-corrected chi connectivity index (χ3v) is 13.4. The van der Waals surface area contributed by atoms with E-state index in [1.54, 1.807) is 6.08 Å². The molecule has 0 aromatic rings. The van der Waals surface area contributed by atoms with Crippen LogP contribution in [0, 0.1) is 0 Å². The van der Waals surface area contributed by atoms with Crippen LogP contribution < -0.4 is 5.32 Å². The van der Waals surface area contributed by atoms with Crippen molar-refractivity contribution in [3.63, 3.8) is 0 Å². The molecule has 0 radical (unpaired) electrons. The minimum Gasteiger partial charge on any atom is -0.387 e. The molecule has 67 heavy (non-hydrogen) atoms. The molecule has 392 valence electrons. The van der Waals surface area contributed by atoms with Crippen LogP contribution in [0.3, 0.4) is 0 Å². The Balaban J connectivity index is 4.34. The summed E-state index contributed by atoms with van der Waals surface area (Å²) in [6.45, 7) is 4.80. The van der Waals surface area contributed by atoms with Gasteiger partial charge in [0.15, 0.2) is 0 Å². The summed E-state index contributed by atoms with van der Waals surface area (Å²) in [5, 5.41) is 13.9. The maximum absolute atomic E-state index is 13.0. The van der Waals surface area contributed by atoms with Crippen LogP contribution in [0.1, 0.15) is 251 Å². The predicted octanol–water partition coefficient (Wildman–Crippen LogP) is 16.9.